The number of likely N-dealkylation sites (N-methyl/N-ethyl adjacent to an activating group) is 1. The molecule has 1 unspecified atom stereocenters. The highest BCUT2D eigenvalue weighted by Crippen LogP contribution is 2.20. The lowest BCUT2D eigenvalue weighted by Gasteiger charge is -2.17. The van der Waals surface area contributed by atoms with Gasteiger partial charge in [-0.05, 0) is 43.1 Å². The zero-order chi connectivity index (χ0) is 13.7. The Morgan fingerprint density at radius 1 is 1.26 bits per heavy atom. The first-order valence-corrected chi connectivity index (χ1v) is 7.11. The number of aryl methyl sites for hydroxylation is 1. The first kappa shape index (κ1) is 14.1. The van der Waals surface area contributed by atoms with Crippen LogP contribution in [0.25, 0.3) is 0 Å². The minimum Gasteiger partial charge on any atom is -0.310 e. The van der Waals surface area contributed by atoms with Crippen molar-refractivity contribution in [2.45, 2.75) is 32.9 Å². The lowest BCUT2D eigenvalue weighted by molar-refractivity contribution is 0.549. The molecule has 0 fully saturated rings. The second-order valence-corrected chi connectivity index (χ2v) is 5.01. The van der Waals surface area contributed by atoms with Gasteiger partial charge in [0.2, 0.25) is 0 Å². The van der Waals surface area contributed by atoms with Crippen molar-refractivity contribution in [2.24, 2.45) is 0 Å². The smallest absolute Gasteiger partial charge is 0.0522 e. The normalized spacial score (nSPS) is 12.6. The van der Waals surface area contributed by atoms with Gasteiger partial charge in [0.1, 0.15) is 0 Å². The van der Waals surface area contributed by atoms with Crippen LogP contribution >= 0.6 is 11.6 Å². The summed E-state index contributed by atoms with van der Waals surface area (Å²) in [6.07, 6.45) is 5.00. The largest absolute Gasteiger partial charge is 0.310 e. The van der Waals surface area contributed by atoms with Gasteiger partial charge in [-0.25, -0.2) is 0 Å². The standard InChI is InChI=1S/C15H20ClN3/c1-3-17-15(13-5-7-14(16)8-6-13)9-12-10-18-19(4-2)11-12/h5-8,10-11,15,17H,3-4,9H2,1-2H3. The van der Waals surface area contributed by atoms with Crippen molar-refractivity contribution in [3.63, 3.8) is 0 Å². The maximum absolute atomic E-state index is 5.94. The fourth-order valence-corrected chi connectivity index (χ4v) is 2.30. The molecule has 0 saturated heterocycles. The van der Waals surface area contributed by atoms with E-state index in [4.69, 9.17) is 11.6 Å². The summed E-state index contributed by atoms with van der Waals surface area (Å²) in [5.41, 5.74) is 2.51. The highest BCUT2D eigenvalue weighted by atomic mass is 35.5. The summed E-state index contributed by atoms with van der Waals surface area (Å²) in [7, 11) is 0. The van der Waals surface area contributed by atoms with Crippen molar-refractivity contribution in [3.05, 3.63) is 52.8 Å². The van der Waals surface area contributed by atoms with Gasteiger partial charge in [-0.1, -0.05) is 30.7 Å². The van der Waals surface area contributed by atoms with E-state index in [0.29, 0.717) is 6.04 Å². The molecule has 1 atom stereocenters. The molecule has 2 rings (SSSR count). The highest BCUT2D eigenvalue weighted by Gasteiger charge is 2.12. The van der Waals surface area contributed by atoms with E-state index in [0.717, 1.165) is 24.5 Å². The van der Waals surface area contributed by atoms with Crippen molar-refractivity contribution in [2.75, 3.05) is 6.54 Å². The Morgan fingerprint density at radius 2 is 2.00 bits per heavy atom. The van der Waals surface area contributed by atoms with Crippen LogP contribution in [0.1, 0.15) is 31.0 Å². The van der Waals surface area contributed by atoms with E-state index < -0.39 is 0 Å². The molecule has 0 aliphatic rings. The number of nitrogens with one attached hydrogen (secondary N) is 1. The number of hydrogen-bond acceptors (Lipinski definition) is 2. The molecule has 3 nitrogen and oxygen atoms in total. The Bertz CT molecular complexity index is 504. The lowest BCUT2D eigenvalue weighted by atomic mass is 10.0. The third-order valence-corrected chi connectivity index (χ3v) is 3.43. The van der Waals surface area contributed by atoms with Crippen molar-refractivity contribution >= 4 is 11.6 Å². The predicted octanol–water partition coefficient (Wildman–Crippen LogP) is 3.45. The van der Waals surface area contributed by atoms with Gasteiger partial charge < -0.3 is 5.32 Å². The van der Waals surface area contributed by atoms with E-state index in [1.54, 1.807) is 0 Å². The molecule has 4 heteroatoms. The van der Waals surface area contributed by atoms with Crippen LogP contribution in [0.4, 0.5) is 0 Å². The summed E-state index contributed by atoms with van der Waals surface area (Å²) in [6, 6.07) is 8.35. The zero-order valence-electron chi connectivity index (χ0n) is 11.4. The van der Waals surface area contributed by atoms with Crippen molar-refractivity contribution in [3.8, 4) is 0 Å². The van der Waals surface area contributed by atoms with Crippen LogP contribution in [0.15, 0.2) is 36.7 Å². The van der Waals surface area contributed by atoms with E-state index in [2.05, 4.69) is 42.6 Å². The molecule has 19 heavy (non-hydrogen) atoms. The van der Waals surface area contributed by atoms with E-state index in [-0.39, 0.29) is 0 Å². The Labute approximate surface area is 119 Å². The molecule has 0 saturated carbocycles. The van der Waals surface area contributed by atoms with Gasteiger partial charge in [0.25, 0.3) is 0 Å². The molecule has 1 aromatic heterocycles. The quantitative estimate of drug-likeness (QED) is 0.876. The van der Waals surface area contributed by atoms with Gasteiger partial charge in [-0.2, -0.15) is 5.10 Å². The number of halogens is 1. The molecule has 0 amide bonds. The summed E-state index contributed by atoms with van der Waals surface area (Å²) < 4.78 is 1.96. The minimum absolute atomic E-state index is 0.303. The van der Waals surface area contributed by atoms with Crippen molar-refractivity contribution in [1.29, 1.82) is 0 Å². The van der Waals surface area contributed by atoms with Crippen LogP contribution in [0.3, 0.4) is 0 Å². The van der Waals surface area contributed by atoms with Crippen LogP contribution in [0.2, 0.25) is 5.02 Å². The molecular formula is C15H20ClN3. The first-order chi connectivity index (χ1) is 9.22. The Kier molecular flexibility index (Phi) is 5.00. The SMILES string of the molecule is CCNC(Cc1cnn(CC)c1)c1ccc(Cl)cc1. The van der Waals surface area contributed by atoms with Crippen LogP contribution in [-0.4, -0.2) is 16.3 Å². The highest BCUT2D eigenvalue weighted by molar-refractivity contribution is 6.30. The Balaban J connectivity index is 2.13. The van der Waals surface area contributed by atoms with Gasteiger partial charge in [0.05, 0.1) is 6.20 Å². The third kappa shape index (κ3) is 3.82. The van der Waals surface area contributed by atoms with Gasteiger partial charge in [-0.3, -0.25) is 4.68 Å². The second kappa shape index (κ2) is 6.73. The van der Waals surface area contributed by atoms with Gasteiger partial charge in [0, 0.05) is 23.8 Å². The van der Waals surface area contributed by atoms with E-state index >= 15 is 0 Å². The molecule has 0 spiro atoms. The number of hydrogen-bond donors (Lipinski definition) is 1. The van der Waals surface area contributed by atoms with Gasteiger partial charge >= 0.3 is 0 Å². The summed E-state index contributed by atoms with van der Waals surface area (Å²) in [5, 5.41) is 8.61. The molecule has 0 bridgehead atoms. The number of nitrogens with zero attached hydrogens (tertiary/aromatic N) is 2. The molecule has 1 aromatic carbocycles. The van der Waals surface area contributed by atoms with E-state index in [1.807, 2.05) is 23.0 Å². The fourth-order valence-electron chi connectivity index (χ4n) is 2.17. The zero-order valence-corrected chi connectivity index (χ0v) is 12.2. The van der Waals surface area contributed by atoms with Crippen molar-refractivity contribution < 1.29 is 0 Å². The van der Waals surface area contributed by atoms with Crippen LogP contribution in [0.5, 0.6) is 0 Å². The molecule has 102 valence electrons. The minimum atomic E-state index is 0.303. The average Bonchev–Trinajstić information content (AvgIpc) is 2.87. The molecule has 0 aliphatic carbocycles. The molecule has 2 aromatic rings. The van der Waals surface area contributed by atoms with Crippen molar-refractivity contribution in [1.82, 2.24) is 15.1 Å². The fraction of sp³-hybridized carbons (Fsp3) is 0.400. The molecule has 1 N–H and O–H groups in total. The number of rotatable bonds is 6. The van der Waals surface area contributed by atoms with Crippen LogP contribution in [0, 0.1) is 0 Å². The maximum Gasteiger partial charge on any atom is 0.0522 e. The predicted molar refractivity (Wildman–Crippen MR) is 79.5 cm³/mol. The molecular weight excluding hydrogens is 258 g/mol. The second-order valence-electron chi connectivity index (χ2n) is 4.57. The topological polar surface area (TPSA) is 29.9 Å². The summed E-state index contributed by atoms with van der Waals surface area (Å²) >= 11 is 5.94. The Hall–Kier alpha value is -1.32. The van der Waals surface area contributed by atoms with Gasteiger partial charge in [0.15, 0.2) is 0 Å². The van der Waals surface area contributed by atoms with E-state index in [9.17, 15) is 0 Å². The lowest BCUT2D eigenvalue weighted by Crippen LogP contribution is -2.22. The number of aromatic nitrogens is 2. The summed E-state index contributed by atoms with van der Waals surface area (Å²) in [4.78, 5) is 0. The Morgan fingerprint density at radius 3 is 2.58 bits per heavy atom. The monoisotopic (exact) mass is 277 g/mol. The average molecular weight is 278 g/mol. The molecule has 0 radical (unpaired) electrons. The third-order valence-electron chi connectivity index (χ3n) is 3.17. The number of benzene rings is 1. The van der Waals surface area contributed by atoms with Crippen LogP contribution < -0.4 is 5.32 Å². The molecule has 0 aliphatic heterocycles. The molecule has 1 heterocycles. The van der Waals surface area contributed by atoms with Crippen LogP contribution in [-0.2, 0) is 13.0 Å². The first-order valence-electron chi connectivity index (χ1n) is 6.73. The summed E-state index contributed by atoms with van der Waals surface area (Å²) in [5.74, 6) is 0. The van der Waals surface area contributed by atoms with Gasteiger partial charge in [-0.15, -0.1) is 0 Å². The summed E-state index contributed by atoms with van der Waals surface area (Å²) in [6.45, 7) is 6.07. The maximum atomic E-state index is 5.94. The van der Waals surface area contributed by atoms with E-state index in [1.165, 1.54) is 11.1 Å².